The van der Waals surface area contributed by atoms with Gasteiger partial charge < -0.3 is 5.32 Å². The van der Waals surface area contributed by atoms with Gasteiger partial charge in [0.05, 0.1) is 11.8 Å². The molecular formula is C21H24N2O3. The number of fused-ring (bicyclic) bond motifs is 5. The van der Waals surface area contributed by atoms with Crippen LogP contribution in [0, 0.1) is 23.7 Å². The van der Waals surface area contributed by atoms with Crippen LogP contribution in [0.15, 0.2) is 36.4 Å². The summed E-state index contributed by atoms with van der Waals surface area (Å²) >= 11 is 0. The first-order valence-corrected chi connectivity index (χ1v) is 9.39. The van der Waals surface area contributed by atoms with Crippen LogP contribution < -0.4 is 5.32 Å². The molecule has 1 aliphatic heterocycles. The maximum atomic E-state index is 12.6. The zero-order chi connectivity index (χ0) is 18.4. The zero-order valence-electron chi connectivity index (χ0n) is 15.1. The second-order valence-corrected chi connectivity index (χ2v) is 7.90. The molecule has 0 aromatic heterocycles. The highest BCUT2D eigenvalue weighted by molar-refractivity contribution is 6.06. The third kappa shape index (κ3) is 2.75. The molecule has 136 valence electrons. The lowest BCUT2D eigenvalue weighted by molar-refractivity contribution is -0.140. The van der Waals surface area contributed by atoms with Crippen molar-refractivity contribution < 1.29 is 14.4 Å². The Morgan fingerprint density at radius 1 is 1.08 bits per heavy atom. The molecule has 26 heavy (non-hydrogen) atoms. The Labute approximate surface area is 153 Å². The lowest BCUT2D eigenvalue weighted by Crippen LogP contribution is -2.35. The first-order chi connectivity index (χ1) is 12.5. The summed E-state index contributed by atoms with van der Waals surface area (Å²) in [5, 5.41) is 2.84. The van der Waals surface area contributed by atoms with Crippen molar-refractivity contribution in [1.82, 2.24) is 4.90 Å². The lowest BCUT2D eigenvalue weighted by Gasteiger charge is -2.17. The van der Waals surface area contributed by atoms with E-state index in [4.69, 9.17) is 0 Å². The standard InChI is InChI=1S/C21H24N2O3/c1-12(2)13-5-7-16(8-6-13)22-17(24)9-10-23-20(25)18-14-3-4-15(11-14)19(18)21(23)26/h3-8,12,14-15,18-19H,9-11H2,1-2H3,(H,22,24)/t14-,15-,18+,19+/m0/s1. The number of hydrogen-bond acceptors (Lipinski definition) is 3. The van der Waals surface area contributed by atoms with Gasteiger partial charge in [0.1, 0.15) is 0 Å². The minimum atomic E-state index is -0.191. The Kier molecular flexibility index (Phi) is 4.17. The molecule has 1 N–H and O–H groups in total. The van der Waals surface area contributed by atoms with Crippen LogP contribution in [0.1, 0.15) is 38.2 Å². The van der Waals surface area contributed by atoms with Gasteiger partial charge >= 0.3 is 0 Å². The van der Waals surface area contributed by atoms with Crippen molar-refractivity contribution in [2.45, 2.75) is 32.6 Å². The van der Waals surface area contributed by atoms with Gasteiger partial charge in [-0.25, -0.2) is 0 Å². The van der Waals surface area contributed by atoms with E-state index in [0.717, 1.165) is 12.1 Å². The summed E-state index contributed by atoms with van der Waals surface area (Å²) in [6.45, 7) is 4.41. The molecule has 2 bridgehead atoms. The number of allylic oxidation sites excluding steroid dienone is 2. The summed E-state index contributed by atoms with van der Waals surface area (Å²) in [5.74, 6) is 0.113. The number of likely N-dealkylation sites (tertiary alicyclic amines) is 1. The van der Waals surface area contributed by atoms with Gasteiger partial charge in [0, 0.05) is 18.7 Å². The lowest BCUT2D eigenvalue weighted by atomic mass is 9.85. The van der Waals surface area contributed by atoms with E-state index in [9.17, 15) is 14.4 Å². The van der Waals surface area contributed by atoms with Crippen molar-refractivity contribution in [3.8, 4) is 0 Å². The van der Waals surface area contributed by atoms with E-state index in [0.29, 0.717) is 5.92 Å². The van der Waals surface area contributed by atoms with Crippen molar-refractivity contribution >= 4 is 23.4 Å². The van der Waals surface area contributed by atoms with E-state index in [1.54, 1.807) is 0 Å². The van der Waals surface area contributed by atoms with Crippen LogP contribution in [-0.4, -0.2) is 29.2 Å². The van der Waals surface area contributed by atoms with E-state index in [1.807, 2.05) is 24.3 Å². The van der Waals surface area contributed by atoms with Crippen LogP contribution in [0.5, 0.6) is 0 Å². The normalized spacial score (nSPS) is 29.0. The molecule has 0 unspecified atom stereocenters. The molecule has 1 saturated heterocycles. The highest BCUT2D eigenvalue weighted by Crippen LogP contribution is 2.52. The molecule has 0 spiro atoms. The smallest absolute Gasteiger partial charge is 0.233 e. The Hall–Kier alpha value is -2.43. The number of imide groups is 1. The number of rotatable bonds is 5. The molecular weight excluding hydrogens is 328 g/mol. The van der Waals surface area contributed by atoms with Crippen LogP contribution in [-0.2, 0) is 14.4 Å². The average molecular weight is 352 g/mol. The molecule has 2 fully saturated rings. The number of amides is 3. The quantitative estimate of drug-likeness (QED) is 0.654. The highest BCUT2D eigenvalue weighted by atomic mass is 16.2. The molecule has 1 aromatic rings. The molecule has 5 nitrogen and oxygen atoms in total. The molecule has 1 aromatic carbocycles. The molecule has 3 aliphatic rings. The van der Waals surface area contributed by atoms with Crippen molar-refractivity contribution in [2.24, 2.45) is 23.7 Å². The van der Waals surface area contributed by atoms with E-state index < -0.39 is 0 Å². The van der Waals surface area contributed by atoms with E-state index >= 15 is 0 Å². The number of hydrogen-bond donors (Lipinski definition) is 1. The molecule has 4 atom stereocenters. The van der Waals surface area contributed by atoms with Crippen molar-refractivity contribution in [3.05, 3.63) is 42.0 Å². The fraction of sp³-hybridized carbons (Fsp3) is 0.476. The Morgan fingerprint density at radius 3 is 2.19 bits per heavy atom. The van der Waals surface area contributed by atoms with Crippen LogP contribution >= 0.6 is 0 Å². The number of carbonyl (C=O) groups excluding carboxylic acids is 3. The summed E-state index contributed by atoms with van der Waals surface area (Å²) < 4.78 is 0. The molecule has 5 heteroatoms. The zero-order valence-corrected chi connectivity index (χ0v) is 15.1. The van der Waals surface area contributed by atoms with Crippen LogP contribution in [0.3, 0.4) is 0 Å². The summed E-state index contributed by atoms with van der Waals surface area (Å²) in [6.07, 6.45) is 5.21. The number of nitrogens with zero attached hydrogens (tertiary/aromatic N) is 1. The SMILES string of the molecule is CC(C)c1ccc(NC(=O)CCN2C(=O)[C@H]3[C@H](C2=O)[C@H]2C=C[C@H]3C2)cc1. The molecule has 1 heterocycles. The van der Waals surface area contributed by atoms with E-state index in [1.165, 1.54) is 10.5 Å². The fourth-order valence-corrected chi connectivity index (χ4v) is 4.57. The average Bonchev–Trinajstić information content (AvgIpc) is 3.28. The second kappa shape index (κ2) is 6.38. The Bertz CT molecular complexity index is 751. The fourth-order valence-electron chi connectivity index (χ4n) is 4.57. The van der Waals surface area contributed by atoms with Gasteiger partial charge in [-0.05, 0) is 41.9 Å². The van der Waals surface area contributed by atoms with Crippen LogP contribution in [0.4, 0.5) is 5.69 Å². The molecule has 0 radical (unpaired) electrons. The van der Waals surface area contributed by atoms with Gasteiger partial charge in [-0.1, -0.05) is 38.1 Å². The second-order valence-electron chi connectivity index (χ2n) is 7.90. The minimum absolute atomic E-state index is 0.0917. The molecule has 3 amide bonds. The Morgan fingerprint density at radius 2 is 1.65 bits per heavy atom. The molecule has 4 rings (SSSR count). The van der Waals surface area contributed by atoms with Crippen molar-refractivity contribution in [1.29, 1.82) is 0 Å². The maximum Gasteiger partial charge on any atom is 0.233 e. The molecule has 1 saturated carbocycles. The van der Waals surface area contributed by atoms with Gasteiger partial charge in [-0.15, -0.1) is 0 Å². The van der Waals surface area contributed by atoms with Gasteiger partial charge in [0.2, 0.25) is 17.7 Å². The number of benzene rings is 1. The number of anilines is 1. The summed E-state index contributed by atoms with van der Waals surface area (Å²) in [7, 11) is 0. The predicted molar refractivity (Wildman–Crippen MR) is 98.2 cm³/mol. The van der Waals surface area contributed by atoms with Crippen LogP contribution in [0.25, 0.3) is 0 Å². The highest BCUT2D eigenvalue weighted by Gasteiger charge is 2.58. The van der Waals surface area contributed by atoms with Gasteiger partial charge in [0.25, 0.3) is 0 Å². The topological polar surface area (TPSA) is 66.5 Å². The summed E-state index contributed by atoms with van der Waals surface area (Å²) in [4.78, 5) is 38.7. The first kappa shape index (κ1) is 17.0. The number of carbonyl (C=O) groups is 3. The Balaban J connectivity index is 1.33. The summed E-state index contributed by atoms with van der Waals surface area (Å²) in [5.41, 5.74) is 1.95. The third-order valence-electron chi connectivity index (χ3n) is 5.99. The van der Waals surface area contributed by atoms with Crippen molar-refractivity contribution in [3.63, 3.8) is 0 Å². The first-order valence-electron chi connectivity index (χ1n) is 9.39. The van der Waals surface area contributed by atoms with Crippen LogP contribution in [0.2, 0.25) is 0 Å². The van der Waals surface area contributed by atoms with E-state index in [-0.39, 0.29) is 54.4 Å². The number of nitrogens with one attached hydrogen (secondary N) is 1. The monoisotopic (exact) mass is 352 g/mol. The maximum absolute atomic E-state index is 12.6. The third-order valence-corrected chi connectivity index (χ3v) is 5.99. The largest absolute Gasteiger partial charge is 0.326 e. The predicted octanol–water partition coefficient (Wildman–Crippen LogP) is 2.95. The van der Waals surface area contributed by atoms with Gasteiger partial charge in [-0.3, -0.25) is 19.3 Å². The van der Waals surface area contributed by atoms with Gasteiger partial charge in [0.15, 0.2) is 0 Å². The minimum Gasteiger partial charge on any atom is -0.326 e. The molecule has 2 aliphatic carbocycles. The summed E-state index contributed by atoms with van der Waals surface area (Å²) in [6, 6.07) is 7.76. The van der Waals surface area contributed by atoms with E-state index in [2.05, 4.69) is 31.3 Å². The van der Waals surface area contributed by atoms with Gasteiger partial charge in [-0.2, -0.15) is 0 Å². The van der Waals surface area contributed by atoms with Crippen molar-refractivity contribution in [2.75, 3.05) is 11.9 Å².